The molecular formula is C12H8N2S. The Morgan fingerprint density at radius 2 is 2.13 bits per heavy atom. The molecular weight excluding hydrogens is 204 g/mol. The molecule has 1 aromatic carbocycles. The zero-order valence-corrected chi connectivity index (χ0v) is 8.74. The second-order valence-corrected chi connectivity index (χ2v) is 4.05. The molecule has 3 heteroatoms. The normalized spacial score (nSPS) is 10.7. The van der Waals surface area contributed by atoms with E-state index in [9.17, 15) is 0 Å². The standard InChI is InChI=1S/C12H8N2S/c1-2-10(9-4-5-15-7-9)11-6-13-8-14-12(11)3-1/h1-8H. The maximum atomic E-state index is 4.24. The molecule has 0 aliphatic heterocycles. The number of hydrogen-bond acceptors (Lipinski definition) is 3. The van der Waals surface area contributed by atoms with Gasteiger partial charge in [-0.2, -0.15) is 11.3 Å². The highest BCUT2D eigenvalue weighted by molar-refractivity contribution is 7.08. The molecule has 0 amide bonds. The van der Waals surface area contributed by atoms with Crippen LogP contribution < -0.4 is 0 Å². The van der Waals surface area contributed by atoms with Gasteiger partial charge in [0.2, 0.25) is 0 Å². The Kier molecular flexibility index (Phi) is 1.96. The van der Waals surface area contributed by atoms with Gasteiger partial charge < -0.3 is 0 Å². The molecule has 0 aliphatic carbocycles. The second kappa shape index (κ2) is 3.44. The molecule has 0 spiro atoms. The van der Waals surface area contributed by atoms with Crippen LogP contribution in [0, 0.1) is 0 Å². The van der Waals surface area contributed by atoms with E-state index in [-0.39, 0.29) is 0 Å². The van der Waals surface area contributed by atoms with Gasteiger partial charge in [0.25, 0.3) is 0 Å². The molecule has 3 aromatic rings. The molecule has 2 nitrogen and oxygen atoms in total. The van der Waals surface area contributed by atoms with Gasteiger partial charge in [-0.1, -0.05) is 12.1 Å². The van der Waals surface area contributed by atoms with Gasteiger partial charge in [-0.25, -0.2) is 9.97 Å². The molecule has 2 heterocycles. The largest absolute Gasteiger partial charge is 0.244 e. The first-order chi connectivity index (χ1) is 7.45. The molecule has 0 aliphatic rings. The predicted octanol–water partition coefficient (Wildman–Crippen LogP) is 3.36. The van der Waals surface area contributed by atoms with Gasteiger partial charge in [-0.05, 0) is 34.0 Å². The van der Waals surface area contributed by atoms with Crippen molar-refractivity contribution in [2.75, 3.05) is 0 Å². The minimum absolute atomic E-state index is 0.994. The van der Waals surface area contributed by atoms with Crippen LogP contribution in [-0.2, 0) is 0 Å². The van der Waals surface area contributed by atoms with Crippen molar-refractivity contribution in [2.45, 2.75) is 0 Å². The minimum Gasteiger partial charge on any atom is -0.244 e. The number of thiophene rings is 1. The van der Waals surface area contributed by atoms with Gasteiger partial charge in [-0.15, -0.1) is 0 Å². The Morgan fingerprint density at radius 1 is 1.13 bits per heavy atom. The monoisotopic (exact) mass is 212 g/mol. The number of rotatable bonds is 1. The molecule has 3 rings (SSSR count). The summed E-state index contributed by atoms with van der Waals surface area (Å²) in [6, 6.07) is 8.26. The Bertz CT molecular complexity index is 582. The number of nitrogens with zero attached hydrogens (tertiary/aromatic N) is 2. The Balaban J connectivity index is 2.36. The molecule has 0 saturated carbocycles. The first-order valence-electron chi connectivity index (χ1n) is 4.66. The van der Waals surface area contributed by atoms with E-state index < -0.39 is 0 Å². The molecule has 0 fully saturated rings. The van der Waals surface area contributed by atoms with Crippen LogP contribution >= 0.6 is 11.3 Å². The fraction of sp³-hybridized carbons (Fsp3) is 0. The highest BCUT2D eigenvalue weighted by Crippen LogP contribution is 2.28. The molecule has 15 heavy (non-hydrogen) atoms. The lowest BCUT2D eigenvalue weighted by molar-refractivity contribution is 1.22. The summed E-state index contributed by atoms with van der Waals surface area (Å²) in [5.74, 6) is 0. The average Bonchev–Trinajstić information content (AvgIpc) is 2.82. The highest BCUT2D eigenvalue weighted by atomic mass is 32.1. The van der Waals surface area contributed by atoms with Crippen molar-refractivity contribution in [1.29, 1.82) is 0 Å². The summed E-state index contributed by atoms with van der Waals surface area (Å²) in [7, 11) is 0. The summed E-state index contributed by atoms with van der Waals surface area (Å²) < 4.78 is 0. The van der Waals surface area contributed by atoms with Crippen LogP contribution in [0.5, 0.6) is 0 Å². The summed E-state index contributed by atoms with van der Waals surface area (Å²) in [6.07, 6.45) is 3.45. The van der Waals surface area contributed by atoms with Crippen LogP contribution in [0.2, 0.25) is 0 Å². The van der Waals surface area contributed by atoms with Crippen LogP contribution in [-0.4, -0.2) is 9.97 Å². The van der Waals surface area contributed by atoms with E-state index in [2.05, 4.69) is 32.9 Å². The molecule has 0 unspecified atom stereocenters. The zero-order valence-electron chi connectivity index (χ0n) is 7.92. The fourth-order valence-electron chi connectivity index (χ4n) is 1.67. The third kappa shape index (κ3) is 1.41. The van der Waals surface area contributed by atoms with Gasteiger partial charge in [0.15, 0.2) is 0 Å². The third-order valence-corrected chi connectivity index (χ3v) is 3.07. The predicted molar refractivity (Wildman–Crippen MR) is 62.9 cm³/mol. The van der Waals surface area contributed by atoms with Crippen LogP contribution in [0.15, 0.2) is 47.5 Å². The van der Waals surface area contributed by atoms with E-state index in [0.29, 0.717) is 0 Å². The maximum Gasteiger partial charge on any atom is 0.116 e. The molecule has 0 N–H and O–H groups in total. The maximum absolute atomic E-state index is 4.24. The van der Waals surface area contributed by atoms with Crippen molar-refractivity contribution in [2.24, 2.45) is 0 Å². The number of fused-ring (bicyclic) bond motifs is 1. The zero-order chi connectivity index (χ0) is 10.1. The summed E-state index contributed by atoms with van der Waals surface area (Å²) in [6.45, 7) is 0. The van der Waals surface area contributed by atoms with Crippen molar-refractivity contribution in [3.63, 3.8) is 0 Å². The van der Waals surface area contributed by atoms with Crippen LogP contribution in [0.4, 0.5) is 0 Å². The van der Waals surface area contributed by atoms with Gasteiger partial charge >= 0.3 is 0 Å². The Labute approximate surface area is 91.2 Å². The Morgan fingerprint density at radius 3 is 3.00 bits per heavy atom. The van der Waals surface area contributed by atoms with Crippen molar-refractivity contribution in [1.82, 2.24) is 9.97 Å². The fourth-order valence-corrected chi connectivity index (χ4v) is 2.33. The third-order valence-electron chi connectivity index (χ3n) is 2.38. The second-order valence-electron chi connectivity index (χ2n) is 3.27. The number of benzene rings is 1. The van der Waals surface area contributed by atoms with E-state index >= 15 is 0 Å². The van der Waals surface area contributed by atoms with E-state index in [0.717, 1.165) is 10.9 Å². The Hall–Kier alpha value is -1.74. The van der Waals surface area contributed by atoms with E-state index in [1.54, 1.807) is 17.7 Å². The van der Waals surface area contributed by atoms with Gasteiger partial charge in [-0.3, -0.25) is 0 Å². The van der Waals surface area contributed by atoms with E-state index in [4.69, 9.17) is 0 Å². The van der Waals surface area contributed by atoms with Gasteiger partial charge in [0.1, 0.15) is 6.33 Å². The van der Waals surface area contributed by atoms with Crippen LogP contribution in [0.1, 0.15) is 0 Å². The first kappa shape index (κ1) is 8.56. The van der Waals surface area contributed by atoms with Crippen molar-refractivity contribution >= 4 is 22.2 Å². The molecule has 72 valence electrons. The topological polar surface area (TPSA) is 25.8 Å². The molecule has 2 aromatic heterocycles. The van der Waals surface area contributed by atoms with E-state index in [1.165, 1.54) is 11.1 Å². The highest BCUT2D eigenvalue weighted by Gasteiger charge is 2.03. The molecule has 0 atom stereocenters. The molecule has 0 radical (unpaired) electrons. The summed E-state index contributed by atoms with van der Waals surface area (Å²) in [4.78, 5) is 8.32. The molecule has 0 saturated heterocycles. The smallest absolute Gasteiger partial charge is 0.116 e. The van der Waals surface area contributed by atoms with Crippen molar-refractivity contribution < 1.29 is 0 Å². The van der Waals surface area contributed by atoms with Crippen molar-refractivity contribution in [3.05, 3.63) is 47.5 Å². The van der Waals surface area contributed by atoms with Crippen LogP contribution in [0.3, 0.4) is 0 Å². The van der Waals surface area contributed by atoms with E-state index in [1.807, 2.05) is 18.3 Å². The summed E-state index contributed by atoms with van der Waals surface area (Å²) in [5, 5.41) is 5.33. The summed E-state index contributed by atoms with van der Waals surface area (Å²) >= 11 is 1.70. The lowest BCUT2D eigenvalue weighted by Gasteiger charge is -2.02. The van der Waals surface area contributed by atoms with Gasteiger partial charge in [0, 0.05) is 11.6 Å². The van der Waals surface area contributed by atoms with Crippen LogP contribution in [0.25, 0.3) is 22.0 Å². The average molecular weight is 212 g/mol. The van der Waals surface area contributed by atoms with Gasteiger partial charge in [0.05, 0.1) is 5.52 Å². The number of hydrogen-bond donors (Lipinski definition) is 0. The van der Waals surface area contributed by atoms with Crippen molar-refractivity contribution in [3.8, 4) is 11.1 Å². The minimum atomic E-state index is 0.994. The summed E-state index contributed by atoms with van der Waals surface area (Å²) in [5.41, 5.74) is 3.43. The molecule has 0 bridgehead atoms. The first-order valence-corrected chi connectivity index (χ1v) is 5.61. The lowest BCUT2D eigenvalue weighted by atomic mass is 10.0. The number of aromatic nitrogens is 2. The lowest BCUT2D eigenvalue weighted by Crippen LogP contribution is -1.83. The SMILES string of the molecule is c1cc(-c2ccsc2)c2cncnc2c1. The quantitative estimate of drug-likeness (QED) is 0.618.